The van der Waals surface area contributed by atoms with E-state index >= 15 is 0 Å². The van der Waals surface area contributed by atoms with Crippen LogP contribution in [-0.2, 0) is 6.42 Å². The highest BCUT2D eigenvalue weighted by molar-refractivity contribution is 5.46. The van der Waals surface area contributed by atoms with Crippen LogP contribution >= 0.6 is 0 Å². The lowest BCUT2D eigenvalue weighted by Crippen LogP contribution is -2.49. The summed E-state index contributed by atoms with van der Waals surface area (Å²) in [5, 5.41) is 10.9. The third-order valence-corrected chi connectivity index (χ3v) is 7.80. The average Bonchev–Trinajstić information content (AvgIpc) is 2.76. The molecule has 1 aromatic carbocycles. The van der Waals surface area contributed by atoms with Crippen LogP contribution in [0.4, 0.5) is 0 Å². The van der Waals surface area contributed by atoms with Crippen molar-refractivity contribution in [2.75, 3.05) is 7.11 Å². The van der Waals surface area contributed by atoms with Gasteiger partial charge in [0.2, 0.25) is 0 Å². The van der Waals surface area contributed by atoms with Gasteiger partial charge in [0.1, 0.15) is 5.75 Å². The van der Waals surface area contributed by atoms with Crippen molar-refractivity contribution >= 4 is 0 Å². The molecule has 0 aliphatic heterocycles. The summed E-state index contributed by atoms with van der Waals surface area (Å²) in [6.07, 6.45) is 7.02. The van der Waals surface area contributed by atoms with Gasteiger partial charge < -0.3 is 9.84 Å². The van der Waals surface area contributed by atoms with Crippen LogP contribution in [0.15, 0.2) is 12.1 Å². The molecule has 2 nitrogen and oxygen atoms in total. The molecule has 2 saturated carbocycles. The molecule has 3 aliphatic rings. The lowest BCUT2D eigenvalue weighted by Gasteiger charge is -2.53. The van der Waals surface area contributed by atoms with E-state index in [1.54, 1.807) is 12.7 Å². The summed E-state index contributed by atoms with van der Waals surface area (Å²) in [7, 11) is 1.76. The molecular formula is C21H30O2. The second kappa shape index (κ2) is 4.99. The van der Waals surface area contributed by atoms with Gasteiger partial charge in [0, 0.05) is 0 Å². The molecule has 0 aromatic heterocycles. The van der Waals surface area contributed by atoms with Gasteiger partial charge in [-0.1, -0.05) is 6.92 Å². The van der Waals surface area contributed by atoms with E-state index in [1.165, 1.54) is 36.8 Å². The Morgan fingerprint density at radius 2 is 1.91 bits per heavy atom. The Morgan fingerprint density at radius 1 is 1.13 bits per heavy atom. The fraction of sp³-hybridized carbons (Fsp3) is 0.714. The van der Waals surface area contributed by atoms with E-state index in [-0.39, 0.29) is 5.41 Å². The maximum absolute atomic E-state index is 10.9. The van der Waals surface area contributed by atoms with Crippen molar-refractivity contribution in [2.24, 2.45) is 17.3 Å². The summed E-state index contributed by atoms with van der Waals surface area (Å²) in [5.41, 5.74) is 4.17. The van der Waals surface area contributed by atoms with Crippen LogP contribution in [0.1, 0.15) is 68.6 Å². The molecule has 0 saturated heterocycles. The van der Waals surface area contributed by atoms with Crippen molar-refractivity contribution in [2.45, 2.75) is 70.8 Å². The third kappa shape index (κ3) is 2.03. The van der Waals surface area contributed by atoms with E-state index in [2.05, 4.69) is 32.9 Å². The molecule has 126 valence electrons. The van der Waals surface area contributed by atoms with Crippen molar-refractivity contribution in [1.82, 2.24) is 0 Å². The molecule has 3 aliphatic carbocycles. The second-order valence-electron chi connectivity index (χ2n) is 8.70. The van der Waals surface area contributed by atoms with Gasteiger partial charge in [-0.25, -0.2) is 0 Å². The van der Waals surface area contributed by atoms with Crippen molar-refractivity contribution in [3.63, 3.8) is 0 Å². The Balaban J connectivity index is 1.73. The van der Waals surface area contributed by atoms with Crippen LogP contribution in [0.3, 0.4) is 0 Å². The zero-order valence-corrected chi connectivity index (χ0v) is 15.0. The highest BCUT2D eigenvalue weighted by Crippen LogP contribution is 2.64. The average molecular weight is 314 g/mol. The summed E-state index contributed by atoms with van der Waals surface area (Å²) in [6, 6.07) is 4.47. The number of aliphatic hydroxyl groups is 1. The van der Waals surface area contributed by atoms with E-state index in [9.17, 15) is 5.11 Å². The lowest BCUT2D eigenvalue weighted by molar-refractivity contribution is -0.0902. The van der Waals surface area contributed by atoms with Crippen LogP contribution < -0.4 is 4.74 Å². The van der Waals surface area contributed by atoms with Gasteiger partial charge in [-0.2, -0.15) is 0 Å². The van der Waals surface area contributed by atoms with Crippen molar-refractivity contribution < 1.29 is 9.84 Å². The van der Waals surface area contributed by atoms with E-state index < -0.39 is 5.60 Å². The monoisotopic (exact) mass is 314 g/mol. The smallest absolute Gasteiger partial charge is 0.119 e. The maximum Gasteiger partial charge on any atom is 0.119 e. The van der Waals surface area contributed by atoms with E-state index in [0.717, 1.165) is 24.5 Å². The molecule has 4 unspecified atom stereocenters. The SMILES string of the molecule is COc1cc(C)c2c(c1)CCC1C2CCC2(C)C1CC[C@@]2(C)O. The Morgan fingerprint density at radius 3 is 2.65 bits per heavy atom. The summed E-state index contributed by atoms with van der Waals surface area (Å²) in [6.45, 7) is 6.69. The minimum Gasteiger partial charge on any atom is -0.497 e. The largest absolute Gasteiger partial charge is 0.497 e. The molecule has 0 spiro atoms. The van der Waals surface area contributed by atoms with Gasteiger partial charge >= 0.3 is 0 Å². The molecule has 23 heavy (non-hydrogen) atoms. The van der Waals surface area contributed by atoms with E-state index in [1.807, 2.05) is 0 Å². The topological polar surface area (TPSA) is 29.5 Å². The number of methoxy groups -OCH3 is 1. The Labute approximate surface area is 140 Å². The number of hydrogen-bond acceptors (Lipinski definition) is 2. The first-order valence-corrected chi connectivity index (χ1v) is 9.27. The maximum atomic E-state index is 10.9. The van der Waals surface area contributed by atoms with E-state index in [0.29, 0.717) is 11.8 Å². The lowest BCUT2D eigenvalue weighted by atomic mass is 9.53. The summed E-state index contributed by atoms with van der Waals surface area (Å²) >= 11 is 0. The normalized spacial score (nSPS) is 41.9. The summed E-state index contributed by atoms with van der Waals surface area (Å²) in [4.78, 5) is 0. The van der Waals surface area contributed by atoms with Gasteiger partial charge in [-0.15, -0.1) is 0 Å². The number of hydrogen-bond donors (Lipinski definition) is 1. The number of benzene rings is 1. The fourth-order valence-corrected chi connectivity index (χ4v) is 6.30. The number of ether oxygens (including phenoxy) is 1. The van der Waals surface area contributed by atoms with Crippen molar-refractivity contribution in [1.29, 1.82) is 0 Å². The molecule has 0 heterocycles. The number of aryl methyl sites for hydroxylation is 2. The number of fused-ring (bicyclic) bond motifs is 5. The molecule has 1 aromatic rings. The Hall–Kier alpha value is -1.02. The molecule has 0 bridgehead atoms. The van der Waals surface area contributed by atoms with Crippen molar-refractivity contribution in [3.8, 4) is 5.75 Å². The molecule has 5 atom stereocenters. The molecule has 1 N–H and O–H groups in total. The van der Waals surface area contributed by atoms with Crippen LogP contribution in [0.2, 0.25) is 0 Å². The first kappa shape index (κ1) is 15.5. The highest BCUT2D eigenvalue weighted by atomic mass is 16.5. The number of rotatable bonds is 1. The predicted octanol–water partition coefficient (Wildman–Crippen LogP) is 4.61. The standard InChI is InChI=1S/C21H30O2/c1-13-11-15(23-4)12-14-5-6-16-17(19(13)14)7-9-20(2)18(16)8-10-21(20,3)22/h11-12,16-18,22H,5-10H2,1-4H3/t16?,17?,18?,20?,21-/m1/s1. The molecule has 0 amide bonds. The predicted molar refractivity (Wildman–Crippen MR) is 93.0 cm³/mol. The van der Waals surface area contributed by atoms with Gasteiger partial charge in [0.15, 0.2) is 0 Å². The quantitative estimate of drug-likeness (QED) is 0.820. The summed E-state index contributed by atoms with van der Waals surface area (Å²) in [5.74, 6) is 3.13. The second-order valence-corrected chi connectivity index (χ2v) is 8.70. The molecular weight excluding hydrogens is 284 g/mol. The fourth-order valence-electron chi connectivity index (χ4n) is 6.30. The third-order valence-electron chi connectivity index (χ3n) is 7.80. The summed E-state index contributed by atoms with van der Waals surface area (Å²) < 4.78 is 5.48. The van der Waals surface area contributed by atoms with Crippen LogP contribution in [0.5, 0.6) is 5.75 Å². The van der Waals surface area contributed by atoms with Gasteiger partial charge in [0.05, 0.1) is 12.7 Å². The minimum atomic E-state index is -0.474. The highest BCUT2D eigenvalue weighted by Gasteiger charge is 2.59. The zero-order chi connectivity index (χ0) is 16.4. The Bertz CT molecular complexity index is 633. The van der Waals surface area contributed by atoms with Crippen molar-refractivity contribution in [3.05, 3.63) is 28.8 Å². The van der Waals surface area contributed by atoms with Crippen LogP contribution in [0.25, 0.3) is 0 Å². The zero-order valence-electron chi connectivity index (χ0n) is 15.0. The minimum absolute atomic E-state index is 0.117. The molecule has 0 radical (unpaired) electrons. The Kier molecular flexibility index (Phi) is 3.36. The van der Waals surface area contributed by atoms with Gasteiger partial charge in [-0.05, 0) is 104 Å². The van der Waals surface area contributed by atoms with Crippen LogP contribution in [0, 0.1) is 24.2 Å². The first-order chi connectivity index (χ1) is 10.9. The molecule has 2 fully saturated rings. The van der Waals surface area contributed by atoms with Gasteiger partial charge in [-0.3, -0.25) is 0 Å². The molecule has 2 heteroatoms. The van der Waals surface area contributed by atoms with Gasteiger partial charge in [0.25, 0.3) is 0 Å². The first-order valence-electron chi connectivity index (χ1n) is 9.27. The van der Waals surface area contributed by atoms with E-state index in [4.69, 9.17) is 4.74 Å². The molecule has 4 rings (SSSR count). The van der Waals surface area contributed by atoms with Crippen LogP contribution in [-0.4, -0.2) is 17.8 Å².